The lowest BCUT2D eigenvalue weighted by molar-refractivity contribution is 0.0923. The second kappa shape index (κ2) is 7.16. The molecule has 2 rings (SSSR count). The summed E-state index contributed by atoms with van der Waals surface area (Å²) in [6.07, 6.45) is 0. The van der Waals surface area contributed by atoms with Crippen LogP contribution in [-0.2, 0) is 0 Å². The number of carbonyl (C=O) groups excluding carboxylic acids is 2. The minimum absolute atomic E-state index is 0.0357. The summed E-state index contributed by atoms with van der Waals surface area (Å²) in [5.41, 5.74) is 1.42. The molecule has 24 heavy (non-hydrogen) atoms. The summed E-state index contributed by atoms with van der Waals surface area (Å²) in [4.78, 5) is 33.2. The van der Waals surface area contributed by atoms with E-state index in [9.17, 15) is 14.0 Å². The molecule has 2 amide bonds. The number of rotatable bonds is 4. The maximum atomic E-state index is 12.9. The average molecular weight is 330 g/mol. The van der Waals surface area contributed by atoms with Crippen LogP contribution >= 0.6 is 0 Å². The van der Waals surface area contributed by atoms with E-state index >= 15 is 0 Å². The first-order valence-electron chi connectivity index (χ1n) is 7.51. The van der Waals surface area contributed by atoms with Crippen LogP contribution in [0, 0.1) is 19.7 Å². The smallest absolute Gasteiger partial charge is 0.276 e. The largest absolute Gasteiger partial charge is 0.348 e. The second-order valence-corrected chi connectivity index (χ2v) is 5.68. The van der Waals surface area contributed by atoms with Gasteiger partial charge >= 0.3 is 0 Å². The van der Waals surface area contributed by atoms with E-state index in [4.69, 9.17) is 0 Å². The summed E-state index contributed by atoms with van der Waals surface area (Å²) in [5.74, 6) is -1.45. The highest BCUT2D eigenvalue weighted by Gasteiger charge is 2.22. The molecule has 0 atom stereocenters. The quantitative estimate of drug-likeness (QED) is 0.902. The molecule has 0 aliphatic heterocycles. The molecule has 126 valence electrons. The molecule has 2 N–H and O–H groups in total. The van der Waals surface area contributed by atoms with Gasteiger partial charge in [0.15, 0.2) is 11.4 Å². The first kappa shape index (κ1) is 17.5. The van der Waals surface area contributed by atoms with Crippen molar-refractivity contribution >= 4 is 17.5 Å². The van der Waals surface area contributed by atoms with E-state index in [1.165, 1.54) is 24.3 Å². The predicted molar refractivity (Wildman–Crippen MR) is 88.5 cm³/mol. The van der Waals surface area contributed by atoms with Crippen molar-refractivity contribution in [1.82, 2.24) is 15.3 Å². The van der Waals surface area contributed by atoms with Gasteiger partial charge in [-0.05, 0) is 52.0 Å². The molecule has 0 bridgehead atoms. The maximum absolute atomic E-state index is 12.9. The number of benzene rings is 1. The Morgan fingerprint density at radius 2 is 1.46 bits per heavy atom. The summed E-state index contributed by atoms with van der Waals surface area (Å²) >= 11 is 0. The zero-order valence-electron chi connectivity index (χ0n) is 14.0. The topological polar surface area (TPSA) is 84.0 Å². The standard InChI is InChI=1S/C17H19FN4O2/c1-9(2)19-16(23)14-15(21-11(4)10(3)20-14)17(24)22-13-7-5-12(18)6-8-13/h5-9H,1-4H3,(H,19,23)(H,22,24). The fourth-order valence-electron chi connectivity index (χ4n) is 1.97. The lowest BCUT2D eigenvalue weighted by Gasteiger charge is -2.13. The van der Waals surface area contributed by atoms with Gasteiger partial charge in [0.2, 0.25) is 0 Å². The first-order chi connectivity index (χ1) is 11.3. The Balaban J connectivity index is 2.36. The lowest BCUT2D eigenvalue weighted by atomic mass is 10.2. The number of nitrogens with one attached hydrogen (secondary N) is 2. The van der Waals surface area contributed by atoms with Gasteiger partial charge < -0.3 is 10.6 Å². The van der Waals surface area contributed by atoms with E-state index in [0.717, 1.165) is 0 Å². The van der Waals surface area contributed by atoms with E-state index in [2.05, 4.69) is 20.6 Å². The number of hydrogen-bond acceptors (Lipinski definition) is 4. The predicted octanol–water partition coefficient (Wildman–Crippen LogP) is 2.62. The van der Waals surface area contributed by atoms with Crippen molar-refractivity contribution < 1.29 is 14.0 Å². The molecule has 0 radical (unpaired) electrons. The van der Waals surface area contributed by atoms with Gasteiger partial charge in [0.05, 0.1) is 11.4 Å². The van der Waals surface area contributed by atoms with E-state index in [1.807, 2.05) is 13.8 Å². The molecule has 0 unspecified atom stereocenters. The van der Waals surface area contributed by atoms with E-state index in [-0.39, 0.29) is 17.4 Å². The number of amides is 2. The van der Waals surface area contributed by atoms with Crippen LogP contribution in [0.5, 0.6) is 0 Å². The van der Waals surface area contributed by atoms with Gasteiger partial charge in [-0.1, -0.05) is 0 Å². The number of aromatic nitrogens is 2. The Kier molecular flexibility index (Phi) is 5.23. The van der Waals surface area contributed by atoms with Crippen LogP contribution < -0.4 is 10.6 Å². The molecule has 0 aliphatic carbocycles. The summed E-state index contributed by atoms with van der Waals surface area (Å²) in [7, 11) is 0. The molecule has 6 nitrogen and oxygen atoms in total. The van der Waals surface area contributed by atoms with Crippen LogP contribution in [0.4, 0.5) is 10.1 Å². The normalized spacial score (nSPS) is 10.6. The summed E-state index contributed by atoms with van der Waals surface area (Å²) < 4.78 is 12.9. The van der Waals surface area contributed by atoms with Crippen LogP contribution in [0.2, 0.25) is 0 Å². The Morgan fingerprint density at radius 3 is 1.96 bits per heavy atom. The fraction of sp³-hybridized carbons (Fsp3) is 0.294. The average Bonchev–Trinajstić information content (AvgIpc) is 2.51. The molecule has 1 aromatic heterocycles. The zero-order chi connectivity index (χ0) is 17.9. The Labute approximate surface area is 139 Å². The van der Waals surface area contributed by atoms with E-state index < -0.39 is 17.6 Å². The van der Waals surface area contributed by atoms with Crippen LogP contribution in [-0.4, -0.2) is 27.8 Å². The molecule has 1 aromatic carbocycles. The third kappa shape index (κ3) is 4.13. The third-order valence-electron chi connectivity index (χ3n) is 3.26. The van der Waals surface area contributed by atoms with Crippen molar-refractivity contribution in [1.29, 1.82) is 0 Å². The molecule has 0 saturated carbocycles. The molecule has 0 spiro atoms. The molecule has 0 saturated heterocycles. The number of hydrogen-bond donors (Lipinski definition) is 2. The molecular weight excluding hydrogens is 311 g/mol. The number of anilines is 1. The molecule has 0 aliphatic rings. The summed E-state index contributed by atoms with van der Waals surface area (Å²) in [6, 6.07) is 5.21. The minimum Gasteiger partial charge on any atom is -0.348 e. The molecular formula is C17H19FN4O2. The van der Waals surface area contributed by atoms with Gasteiger partial charge in [-0.2, -0.15) is 0 Å². The lowest BCUT2D eigenvalue weighted by Crippen LogP contribution is -2.33. The van der Waals surface area contributed by atoms with Gasteiger partial charge in [0, 0.05) is 11.7 Å². The minimum atomic E-state index is -0.578. The number of carbonyl (C=O) groups is 2. The molecule has 7 heteroatoms. The van der Waals surface area contributed by atoms with Crippen molar-refractivity contribution in [2.45, 2.75) is 33.7 Å². The van der Waals surface area contributed by atoms with Crippen molar-refractivity contribution in [3.05, 3.63) is 52.9 Å². The van der Waals surface area contributed by atoms with Gasteiger partial charge in [0.1, 0.15) is 5.82 Å². The monoisotopic (exact) mass is 330 g/mol. The summed E-state index contributed by atoms with van der Waals surface area (Å²) in [6.45, 7) is 7.05. The van der Waals surface area contributed by atoms with Crippen LogP contribution in [0.3, 0.4) is 0 Å². The highest BCUT2D eigenvalue weighted by Crippen LogP contribution is 2.13. The third-order valence-corrected chi connectivity index (χ3v) is 3.26. The Hall–Kier alpha value is -2.83. The molecule has 2 aromatic rings. The van der Waals surface area contributed by atoms with Crippen molar-refractivity contribution in [2.75, 3.05) is 5.32 Å². The van der Waals surface area contributed by atoms with E-state index in [0.29, 0.717) is 17.1 Å². The Morgan fingerprint density at radius 1 is 0.958 bits per heavy atom. The maximum Gasteiger partial charge on any atom is 0.276 e. The molecule has 1 heterocycles. The van der Waals surface area contributed by atoms with Crippen LogP contribution in [0.25, 0.3) is 0 Å². The fourth-order valence-corrected chi connectivity index (χ4v) is 1.97. The van der Waals surface area contributed by atoms with Crippen LogP contribution in [0.1, 0.15) is 46.2 Å². The van der Waals surface area contributed by atoms with Gasteiger partial charge in [0.25, 0.3) is 11.8 Å². The van der Waals surface area contributed by atoms with Gasteiger partial charge in [-0.25, -0.2) is 14.4 Å². The number of aryl methyl sites for hydroxylation is 2. The SMILES string of the molecule is Cc1nc(C(=O)Nc2ccc(F)cc2)c(C(=O)NC(C)C)nc1C. The second-order valence-electron chi connectivity index (χ2n) is 5.68. The van der Waals surface area contributed by atoms with Crippen molar-refractivity contribution in [3.63, 3.8) is 0 Å². The van der Waals surface area contributed by atoms with Gasteiger partial charge in [-0.3, -0.25) is 9.59 Å². The van der Waals surface area contributed by atoms with E-state index in [1.54, 1.807) is 13.8 Å². The zero-order valence-corrected chi connectivity index (χ0v) is 14.0. The van der Waals surface area contributed by atoms with Gasteiger partial charge in [-0.15, -0.1) is 0 Å². The Bertz CT molecular complexity index is 773. The van der Waals surface area contributed by atoms with Crippen molar-refractivity contribution in [3.8, 4) is 0 Å². The molecule has 0 fully saturated rings. The number of halogens is 1. The number of nitrogens with zero attached hydrogens (tertiary/aromatic N) is 2. The van der Waals surface area contributed by atoms with Crippen molar-refractivity contribution in [2.24, 2.45) is 0 Å². The highest BCUT2D eigenvalue weighted by atomic mass is 19.1. The first-order valence-corrected chi connectivity index (χ1v) is 7.51. The van der Waals surface area contributed by atoms with Crippen LogP contribution in [0.15, 0.2) is 24.3 Å². The summed E-state index contributed by atoms with van der Waals surface area (Å²) in [5, 5.41) is 5.29. The highest BCUT2D eigenvalue weighted by molar-refractivity contribution is 6.10.